The lowest BCUT2D eigenvalue weighted by Gasteiger charge is -2.08. The Hall–Kier alpha value is -0.800. The first-order valence-electron chi connectivity index (χ1n) is 4.58. The molecular formula is C11H10BrClN2. The third kappa shape index (κ3) is 2.08. The van der Waals surface area contributed by atoms with Crippen molar-refractivity contribution in [2.45, 2.75) is 12.3 Å². The number of benzene rings is 1. The molecule has 15 heavy (non-hydrogen) atoms. The van der Waals surface area contributed by atoms with Crippen molar-refractivity contribution in [1.29, 1.82) is 0 Å². The van der Waals surface area contributed by atoms with Crippen LogP contribution in [0.3, 0.4) is 0 Å². The van der Waals surface area contributed by atoms with E-state index in [2.05, 4.69) is 21.0 Å². The molecule has 0 atom stereocenters. The third-order valence-corrected chi connectivity index (χ3v) is 3.07. The minimum Gasteiger partial charge on any atom is -0.235 e. The number of alkyl halides is 1. The maximum Gasteiger partial charge on any atom is 0.0835 e. The minimum atomic E-state index is 0.723. The Kier molecular flexibility index (Phi) is 3.12. The van der Waals surface area contributed by atoms with E-state index in [1.165, 1.54) is 0 Å². The van der Waals surface area contributed by atoms with Gasteiger partial charge in [0.05, 0.1) is 16.4 Å². The van der Waals surface area contributed by atoms with Crippen LogP contribution >= 0.6 is 27.5 Å². The fraction of sp³-hybridized carbons (Fsp3) is 0.182. The van der Waals surface area contributed by atoms with Crippen LogP contribution in [0, 0.1) is 6.92 Å². The van der Waals surface area contributed by atoms with Gasteiger partial charge in [-0.2, -0.15) is 5.10 Å². The zero-order valence-corrected chi connectivity index (χ0v) is 10.6. The summed E-state index contributed by atoms with van der Waals surface area (Å²) in [6.07, 6.45) is 1.77. The molecule has 0 fully saturated rings. The van der Waals surface area contributed by atoms with Crippen molar-refractivity contribution in [3.8, 4) is 5.69 Å². The zero-order chi connectivity index (χ0) is 10.8. The molecule has 0 saturated carbocycles. The molecule has 2 aromatic rings. The van der Waals surface area contributed by atoms with Crippen LogP contribution < -0.4 is 0 Å². The van der Waals surface area contributed by atoms with E-state index in [4.69, 9.17) is 11.6 Å². The van der Waals surface area contributed by atoms with Crippen molar-refractivity contribution in [3.05, 3.63) is 46.7 Å². The molecule has 0 aliphatic heterocycles. The van der Waals surface area contributed by atoms with Gasteiger partial charge in [-0.05, 0) is 30.7 Å². The Morgan fingerprint density at radius 1 is 1.40 bits per heavy atom. The number of aromatic nitrogens is 2. The minimum absolute atomic E-state index is 0.723. The Labute approximate surface area is 102 Å². The number of rotatable bonds is 2. The Balaban J connectivity index is 2.54. The highest BCUT2D eigenvalue weighted by Gasteiger charge is 2.07. The fourth-order valence-electron chi connectivity index (χ4n) is 1.43. The lowest BCUT2D eigenvalue weighted by Crippen LogP contribution is -2.01. The summed E-state index contributed by atoms with van der Waals surface area (Å²) in [7, 11) is 0. The van der Waals surface area contributed by atoms with Crippen molar-refractivity contribution < 1.29 is 0 Å². The predicted octanol–water partition coefficient (Wildman–Crippen LogP) is 3.73. The SMILES string of the molecule is Cc1ccc(-n2nccc2CBr)c(Cl)c1. The molecule has 0 aliphatic carbocycles. The Morgan fingerprint density at radius 3 is 2.87 bits per heavy atom. The highest BCUT2D eigenvalue weighted by atomic mass is 79.9. The quantitative estimate of drug-likeness (QED) is 0.769. The second kappa shape index (κ2) is 4.37. The molecule has 1 aromatic heterocycles. The largest absolute Gasteiger partial charge is 0.235 e. The zero-order valence-electron chi connectivity index (χ0n) is 8.24. The summed E-state index contributed by atoms with van der Waals surface area (Å²) in [6.45, 7) is 2.02. The third-order valence-electron chi connectivity index (χ3n) is 2.19. The van der Waals surface area contributed by atoms with Gasteiger partial charge in [-0.15, -0.1) is 0 Å². The maximum absolute atomic E-state index is 6.17. The van der Waals surface area contributed by atoms with Gasteiger partial charge < -0.3 is 0 Å². The lowest BCUT2D eigenvalue weighted by molar-refractivity contribution is 0.843. The van der Waals surface area contributed by atoms with Crippen molar-refractivity contribution in [2.24, 2.45) is 0 Å². The predicted molar refractivity (Wildman–Crippen MR) is 65.9 cm³/mol. The normalized spacial score (nSPS) is 10.6. The molecule has 1 aromatic carbocycles. The van der Waals surface area contributed by atoms with Crippen LogP contribution in [0.15, 0.2) is 30.5 Å². The molecule has 1 heterocycles. The van der Waals surface area contributed by atoms with Gasteiger partial charge in [-0.25, -0.2) is 4.68 Å². The van der Waals surface area contributed by atoms with Gasteiger partial charge in [0.25, 0.3) is 0 Å². The molecule has 0 bridgehead atoms. The molecule has 78 valence electrons. The summed E-state index contributed by atoms with van der Waals surface area (Å²) in [5.41, 5.74) is 3.15. The summed E-state index contributed by atoms with van der Waals surface area (Å²) >= 11 is 9.59. The lowest BCUT2D eigenvalue weighted by atomic mass is 10.2. The van der Waals surface area contributed by atoms with E-state index in [-0.39, 0.29) is 0 Å². The van der Waals surface area contributed by atoms with Crippen molar-refractivity contribution in [2.75, 3.05) is 0 Å². The van der Waals surface area contributed by atoms with E-state index in [1.54, 1.807) is 6.20 Å². The van der Waals surface area contributed by atoms with Crippen molar-refractivity contribution in [3.63, 3.8) is 0 Å². The molecule has 0 N–H and O–H groups in total. The van der Waals surface area contributed by atoms with Gasteiger partial charge in [0.15, 0.2) is 0 Å². The molecule has 2 nitrogen and oxygen atoms in total. The standard InChI is InChI=1S/C11H10BrClN2/c1-8-2-3-11(10(13)6-8)15-9(7-12)4-5-14-15/h2-6H,7H2,1H3. The molecule has 4 heteroatoms. The van der Waals surface area contributed by atoms with Gasteiger partial charge in [0.2, 0.25) is 0 Å². The summed E-state index contributed by atoms with van der Waals surface area (Å²) < 4.78 is 1.84. The van der Waals surface area contributed by atoms with Crippen LogP contribution in [-0.4, -0.2) is 9.78 Å². The molecule has 0 unspecified atom stereocenters. The first-order chi connectivity index (χ1) is 7.22. The van der Waals surface area contributed by atoms with E-state index in [0.717, 1.165) is 27.3 Å². The van der Waals surface area contributed by atoms with Gasteiger partial charge in [-0.1, -0.05) is 33.6 Å². The van der Waals surface area contributed by atoms with E-state index in [0.29, 0.717) is 0 Å². The number of aryl methyl sites for hydroxylation is 1. The summed E-state index contributed by atoms with van der Waals surface area (Å²) in [5, 5.41) is 5.73. The summed E-state index contributed by atoms with van der Waals surface area (Å²) in [5.74, 6) is 0. The van der Waals surface area contributed by atoms with E-state index in [1.807, 2.05) is 35.9 Å². The monoisotopic (exact) mass is 284 g/mol. The van der Waals surface area contributed by atoms with Gasteiger partial charge in [0, 0.05) is 11.5 Å². The molecule has 0 spiro atoms. The first-order valence-corrected chi connectivity index (χ1v) is 6.07. The van der Waals surface area contributed by atoms with Crippen LogP contribution in [0.1, 0.15) is 11.3 Å². The number of hydrogen-bond acceptors (Lipinski definition) is 1. The highest BCUT2D eigenvalue weighted by Crippen LogP contribution is 2.23. The van der Waals surface area contributed by atoms with Crippen LogP contribution in [-0.2, 0) is 5.33 Å². The molecular weight excluding hydrogens is 275 g/mol. The number of halogens is 2. The van der Waals surface area contributed by atoms with Crippen LogP contribution in [0.5, 0.6) is 0 Å². The number of nitrogens with zero attached hydrogens (tertiary/aromatic N) is 2. The van der Waals surface area contributed by atoms with Crippen molar-refractivity contribution >= 4 is 27.5 Å². The van der Waals surface area contributed by atoms with Gasteiger partial charge >= 0.3 is 0 Å². The average molecular weight is 286 g/mol. The van der Waals surface area contributed by atoms with E-state index < -0.39 is 0 Å². The molecule has 0 radical (unpaired) electrons. The fourth-order valence-corrected chi connectivity index (χ4v) is 2.17. The topological polar surface area (TPSA) is 17.8 Å². The molecule has 0 amide bonds. The maximum atomic E-state index is 6.17. The second-order valence-corrected chi connectivity index (χ2v) is 4.29. The smallest absolute Gasteiger partial charge is 0.0835 e. The summed E-state index contributed by atoms with van der Waals surface area (Å²) in [6, 6.07) is 7.92. The molecule has 2 rings (SSSR count). The number of hydrogen-bond donors (Lipinski definition) is 0. The van der Waals surface area contributed by atoms with Gasteiger partial charge in [-0.3, -0.25) is 0 Å². The molecule has 0 aliphatic rings. The Bertz CT molecular complexity index is 479. The summed E-state index contributed by atoms with van der Waals surface area (Å²) in [4.78, 5) is 0. The second-order valence-electron chi connectivity index (χ2n) is 3.32. The van der Waals surface area contributed by atoms with Crippen molar-refractivity contribution in [1.82, 2.24) is 9.78 Å². The van der Waals surface area contributed by atoms with Crippen LogP contribution in [0.2, 0.25) is 5.02 Å². The molecule has 0 saturated heterocycles. The van der Waals surface area contributed by atoms with Gasteiger partial charge in [0.1, 0.15) is 0 Å². The van der Waals surface area contributed by atoms with E-state index >= 15 is 0 Å². The average Bonchev–Trinajstić information content (AvgIpc) is 2.65. The Morgan fingerprint density at radius 2 is 2.20 bits per heavy atom. The highest BCUT2D eigenvalue weighted by molar-refractivity contribution is 9.08. The first kappa shape index (κ1) is 10.7. The van der Waals surface area contributed by atoms with Crippen LogP contribution in [0.25, 0.3) is 5.69 Å². The van der Waals surface area contributed by atoms with Crippen LogP contribution in [0.4, 0.5) is 0 Å². The van der Waals surface area contributed by atoms with E-state index in [9.17, 15) is 0 Å².